The number of carboxylic acids is 1. The SMILES string of the molecule is C=C(CC(C)(C)CC(C)(C)C(=O)O)[N+](=O)[O-]. The molecular formula is C11H19NO4. The largest absolute Gasteiger partial charge is 0.481 e. The van der Waals surface area contributed by atoms with Gasteiger partial charge in [-0.25, -0.2) is 0 Å². The van der Waals surface area contributed by atoms with Crippen molar-refractivity contribution in [1.82, 2.24) is 0 Å². The van der Waals surface area contributed by atoms with E-state index in [1.807, 2.05) is 13.8 Å². The van der Waals surface area contributed by atoms with Crippen LogP contribution in [0.15, 0.2) is 12.3 Å². The molecule has 0 unspecified atom stereocenters. The zero-order valence-corrected chi connectivity index (χ0v) is 10.2. The Morgan fingerprint density at radius 1 is 1.38 bits per heavy atom. The molecular weight excluding hydrogens is 210 g/mol. The average molecular weight is 229 g/mol. The summed E-state index contributed by atoms with van der Waals surface area (Å²) in [4.78, 5) is 20.9. The molecule has 0 aliphatic heterocycles. The number of rotatable bonds is 6. The maximum absolute atomic E-state index is 11.0. The number of carboxylic acid groups (broad SMARTS) is 1. The number of hydrogen-bond acceptors (Lipinski definition) is 3. The predicted octanol–water partition coefficient (Wildman–Crippen LogP) is 2.69. The quantitative estimate of drug-likeness (QED) is 0.561. The monoisotopic (exact) mass is 229 g/mol. The minimum Gasteiger partial charge on any atom is -0.481 e. The van der Waals surface area contributed by atoms with Crippen LogP contribution in [-0.2, 0) is 4.79 Å². The fourth-order valence-corrected chi connectivity index (χ4v) is 1.95. The van der Waals surface area contributed by atoms with Crippen LogP contribution in [0.1, 0.15) is 40.5 Å². The molecule has 0 radical (unpaired) electrons. The molecule has 5 heteroatoms. The molecule has 92 valence electrons. The third-order valence-electron chi connectivity index (χ3n) is 2.44. The second kappa shape index (κ2) is 4.63. The van der Waals surface area contributed by atoms with E-state index in [1.165, 1.54) is 0 Å². The van der Waals surface area contributed by atoms with Crippen LogP contribution in [0.2, 0.25) is 0 Å². The molecule has 0 aromatic heterocycles. The highest BCUT2D eigenvalue weighted by Gasteiger charge is 2.36. The smallest absolute Gasteiger partial charge is 0.309 e. The van der Waals surface area contributed by atoms with Crippen LogP contribution in [0, 0.1) is 20.9 Å². The first-order valence-electron chi connectivity index (χ1n) is 5.03. The molecule has 0 atom stereocenters. The molecule has 0 aromatic carbocycles. The van der Waals surface area contributed by atoms with Crippen molar-refractivity contribution in [3.63, 3.8) is 0 Å². The second-order valence-electron chi connectivity index (χ2n) is 5.53. The van der Waals surface area contributed by atoms with Crippen LogP contribution < -0.4 is 0 Å². The first-order valence-corrected chi connectivity index (χ1v) is 5.03. The van der Waals surface area contributed by atoms with Crippen molar-refractivity contribution in [2.24, 2.45) is 10.8 Å². The van der Waals surface area contributed by atoms with Gasteiger partial charge in [0.2, 0.25) is 5.70 Å². The van der Waals surface area contributed by atoms with E-state index in [0.717, 1.165) is 0 Å². The van der Waals surface area contributed by atoms with Gasteiger partial charge in [0.15, 0.2) is 0 Å². The minimum absolute atomic E-state index is 0.0776. The van der Waals surface area contributed by atoms with Gasteiger partial charge in [0, 0.05) is 6.42 Å². The Labute approximate surface area is 95.3 Å². The van der Waals surface area contributed by atoms with Crippen LogP contribution >= 0.6 is 0 Å². The molecule has 0 aliphatic carbocycles. The van der Waals surface area contributed by atoms with Crippen LogP contribution in [0.3, 0.4) is 0 Å². The molecule has 0 aromatic rings. The van der Waals surface area contributed by atoms with Crippen LogP contribution in [0.5, 0.6) is 0 Å². The Balaban J connectivity index is 4.64. The standard InChI is InChI=1S/C11H19NO4/c1-8(12(15)16)6-10(2,3)7-11(4,5)9(13)14/h1,6-7H2,2-5H3,(H,13,14). The third-order valence-corrected chi connectivity index (χ3v) is 2.44. The van der Waals surface area contributed by atoms with Gasteiger partial charge in [-0.15, -0.1) is 0 Å². The summed E-state index contributed by atoms with van der Waals surface area (Å²) in [5.74, 6) is -0.896. The first kappa shape index (κ1) is 14.6. The molecule has 0 aliphatic rings. The molecule has 0 bridgehead atoms. The summed E-state index contributed by atoms with van der Waals surface area (Å²) >= 11 is 0. The number of carbonyl (C=O) groups is 1. The summed E-state index contributed by atoms with van der Waals surface area (Å²) in [6, 6.07) is 0. The van der Waals surface area contributed by atoms with Gasteiger partial charge in [0.25, 0.3) is 0 Å². The van der Waals surface area contributed by atoms with Gasteiger partial charge in [0.05, 0.1) is 10.3 Å². The van der Waals surface area contributed by atoms with E-state index in [-0.39, 0.29) is 12.1 Å². The van der Waals surface area contributed by atoms with Crippen molar-refractivity contribution in [2.75, 3.05) is 0 Å². The highest BCUT2D eigenvalue weighted by Crippen LogP contribution is 2.38. The van der Waals surface area contributed by atoms with E-state index in [9.17, 15) is 14.9 Å². The lowest BCUT2D eigenvalue weighted by molar-refractivity contribution is -0.429. The summed E-state index contributed by atoms with van der Waals surface area (Å²) < 4.78 is 0. The summed E-state index contributed by atoms with van der Waals surface area (Å²) in [5.41, 5.74) is -1.42. The highest BCUT2D eigenvalue weighted by molar-refractivity contribution is 5.73. The third kappa shape index (κ3) is 4.42. The van der Waals surface area contributed by atoms with Gasteiger partial charge in [-0.3, -0.25) is 14.9 Å². The van der Waals surface area contributed by atoms with Gasteiger partial charge in [0.1, 0.15) is 0 Å². The minimum atomic E-state index is -0.896. The van der Waals surface area contributed by atoms with Gasteiger partial charge < -0.3 is 5.11 Å². The zero-order chi connectivity index (χ0) is 13.1. The number of allylic oxidation sites excluding steroid dienone is 1. The summed E-state index contributed by atoms with van der Waals surface area (Å²) in [6.07, 6.45) is 0.554. The molecule has 5 nitrogen and oxygen atoms in total. The molecule has 0 amide bonds. The van der Waals surface area contributed by atoms with Crippen molar-refractivity contribution in [3.8, 4) is 0 Å². The summed E-state index contributed by atoms with van der Waals surface area (Å²) in [6.45, 7) is 10.2. The molecule has 0 rings (SSSR count). The Bertz CT molecular complexity index is 318. The maximum atomic E-state index is 11.0. The lowest BCUT2D eigenvalue weighted by Gasteiger charge is -2.31. The normalized spacial score (nSPS) is 12.2. The van der Waals surface area contributed by atoms with Crippen molar-refractivity contribution in [2.45, 2.75) is 40.5 Å². The predicted molar refractivity (Wildman–Crippen MR) is 60.6 cm³/mol. The van der Waals surface area contributed by atoms with E-state index in [1.54, 1.807) is 13.8 Å². The Morgan fingerprint density at radius 3 is 2.12 bits per heavy atom. The van der Waals surface area contributed by atoms with E-state index < -0.39 is 21.7 Å². The number of hydrogen-bond donors (Lipinski definition) is 1. The average Bonchev–Trinajstić information content (AvgIpc) is 1.99. The Morgan fingerprint density at radius 2 is 1.81 bits per heavy atom. The van der Waals surface area contributed by atoms with Gasteiger partial charge in [-0.05, 0) is 32.3 Å². The van der Waals surface area contributed by atoms with E-state index >= 15 is 0 Å². The number of nitrogens with zero attached hydrogens (tertiary/aromatic N) is 1. The van der Waals surface area contributed by atoms with Crippen molar-refractivity contribution < 1.29 is 14.8 Å². The molecule has 1 N–H and O–H groups in total. The van der Waals surface area contributed by atoms with Crippen molar-refractivity contribution in [1.29, 1.82) is 0 Å². The van der Waals surface area contributed by atoms with E-state index in [2.05, 4.69) is 6.58 Å². The highest BCUT2D eigenvalue weighted by atomic mass is 16.6. The Hall–Kier alpha value is -1.39. The molecule has 0 saturated heterocycles. The van der Waals surface area contributed by atoms with E-state index in [0.29, 0.717) is 6.42 Å². The lowest BCUT2D eigenvalue weighted by atomic mass is 9.73. The molecule has 0 heterocycles. The lowest BCUT2D eigenvalue weighted by Crippen LogP contribution is -2.31. The first-order chi connectivity index (χ1) is 6.98. The number of aliphatic carboxylic acids is 1. The molecule has 0 spiro atoms. The maximum Gasteiger partial charge on any atom is 0.309 e. The number of nitro groups is 1. The second-order valence-corrected chi connectivity index (χ2v) is 5.53. The summed E-state index contributed by atoms with van der Waals surface area (Å²) in [7, 11) is 0. The van der Waals surface area contributed by atoms with Crippen LogP contribution in [0.4, 0.5) is 0 Å². The topological polar surface area (TPSA) is 80.4 Å². The Kier molecular flexibility index (Phi) is 4.23. The summed E-state index contributed by atoms with van der Waals surface area (Å²) in [5, 5.41) is 19.5. The van der Waals surface area contributed by atoms with Crippen LogP contribution in [0.25, 0.3) is 0 Å². The van der Waals surface area contributed by atoms with Crippen LogP contribution in [-0.4, -0.2) is 16.0 Å². The van der Waals surface area contributed by atoms with E-state index in [4.69, 9.17) is 5.11 Å². The molecule has 0 saturated carbocycles. The zero-order valence-electron chi connectivity index (χ0n) is 10.2. The van der Waals surface area contributed by atoms with Gasteiger partial charge >= 0.3 is 5.97 Å². The van der Waals surface area contributed by atoms with Crippen molar-refractivity contribution in [3.05, 3.63) is 22.4 Å². The fourth-order valence-electron chi connectivity index (χ4n) is 1.95. The molecule has 16 heavy (non-hydrogen) atoms. The fraction of sp³-hybridized carbons (Fsp3) is 0.727. The van der Waals surface area contributed by atoms with Gasteiger partial charge in [-0.2, -0.15) is 0 Å². The van der Waals surface area contributed by atoms with Gasteiger partial charge in [-0.1, -0.05) is 13.8 Å². The molecule has 0 fully saturated rings. The van der Waals surface area contributed by atoms with Crippen molar-refractivity contribution >= 4 is 5.97 Å².